The van der Waals surface area contributed by atoms with E-state index in [-0.39, 0.29) is 5.91 Å². The quantitative estimate of drug-likeness (QED) is 0.869. The summed E-state index contributed by atoms with van der Waals surface area (Å²) in [7, 11) is 1.67. The Morgan fingerprint density at radius 1 is 1.32 bits per heavy atom. The van der Waals surface area contributed by atoms with Crippen molar-refractivity contribution in [1.82, 2.24) is 20.0 Å². The Balaban J connectivity index is 1.48. The van der Waals surface area contributed by atoms with E-state index in [1.165, 1.54) is 5.69 Å². The van der Waals surface area contributed by atoms with Crippen LogP contribution in [-0.4, -0.2) is 47.3 Å². The van der Waals surface area contributed by atoms with Crippen LogP contribution in [-0.2, 0) is 24.3 Å². The standard InChI is InChI=1S/C19H26N4O2/c1-15-12-17-13-22(10-5-11-23(17)21-15)14-19(24)20-9-8-16-6-3-4-7-18(16)25-2/h3-4,6-7,12H,5,8-11,13-14H2,1-2H3,(H,20,24). The monoisotopic (exact) mass is 342 g/mol. The van der Waals surface area contributed by atoms with Crippen molar-refractivity contribution in [3.05, 3.63) is 47.3 Å². The molecule has 134 valence electrons. The van der Waals surface area contributed by atoms with Crippen molar-refractivity contribution in [3.8, 4) is 5.75 Å². The molecule has 1 amide bonds. The van der Waals surface area contributed by atoms with Crippen molar-refractivity contribution in [2.45, 2.75) is 32.9 Å². The van der Waals surface area contributed by atoms with Gasteiger partial charge in [0.05, 0.1) is 25.0 Å². The summed E-state index contributed by atoms with van der Waals surface area (Å²) in [5.74, 6) is 0.937. The van der Waals surface area contributed by atoms with Crippen LogP contribution in [0.25, 0.3) is 0 Å². The van der Waals surface area contributed by atoms with Gasteiger partial charge in [0.15, 0.2) is 0 Å². The van der Waals surface area contributed by atoms with Crippen LogP contribution >= 0.6 is 0 Å². The van der Waals surface area contributed by atoms with E-state index in [9.17, 15) is 4.79 Å². The molecule has 1 aromatic carbocycles. The molecule has 3 rings (SSSR count). The largest absolute Gasteiger partial charge is 0.496 e. The highest BCUT2D eigenvalue weighted by Gasteiger charge is 2.17. The predicted octanol–water partition coefficient (Wildman–Crippen LogP) is 1.76. The maximum Gasteiger partial charge on any atom is 0.234 e. The number of methoxy groups -OCH3 is 1. The molecule has 6 nitrogen and oxygen atoms in total. The van der Waals surface area contributed by atoms with Crippen molar-refractivity contribution in [1.29, 1.82) is 0 Å². The molecule has 2 aromatic rings. The normalized spacial score (nSPS) is 14.6. The van der Waals surface area contributed by atoms with E-state index >= 15 is 0 Å². The fourth-order valence-corrected chi connectivity index (χ4v) is 3.31. The average Bonchev–Trinajstić information content (AvgIpc) is 2.84. The Labute approximate surface area is 148 Å². The summed E-state index contributed by atoms with van der Waals surface area (Å²) >= 11 is 0. The van der Waals surface area contributed by atoms with Gasteiger partial charge in [-0.15, -0.1) is 0 Å². The van der Waals surface area contributed by atoms with Gasteiger partial charge >= 0.3 is 0 Å². The van der Waals surface area contributed by atoms with Gasteiger partial charge in [0.2, 0.25) is 5.91 Å². The lowest BCUT2D eigenvalue weighted by molar-refractivity contribution is -0.122. The highest BCUT2D eigenvalue weighted by molar-refractivity contribution is 5.78. The lowest BCUT2D eigenvalue weighted by Crippen LogP contribution is -2.37. The number of hydrogen-bond acceptors (Lipinski definition) is 4. The minimum Gasteiger partial charge on any atom is -0.496 e. The van der Waals surface area contributed by atoms with E-state index in [0.717, 1.165) is 49.5 Å². The van der Waals surface area contributed by atoms with Crippen molar-refractivity contribution in [2.24, 2.45) is 0 Å². The summed E-state index contributed by atoms with van der Waals surface area (Å²) in [6.45, 7) is 5.68. The number of aromatic nitrogens is 2. The first-order chi connectivity index (χ1) is 12.2. The first-order valence-electron chi connectivity index (χ1n) is 8.80. The van der Waals surface area contributed by atoms with E-state index < -0.39 is 0 Å². The lowest BCUT2D eigenvalue weighted by Gasteiger charge is -2.19. The van der Waals surface area contributed by atoms with Crippen LogP contribution in [0, 0.1) is 6.92 Å². The summed E-state index contributed by atoms with van der Waals surface area (Å²) < 4.78 is 7.41. The zero-order valence-electron chi connectivity index (χ0n) is 15.0. The Kier molecular flexibility index (Phi) is 5.71. The van der Waals surface area contributed by atoms with Crippen molar-refractivity contribution < 1.29 is 9.53 Å². The Morgan fingerprint density at radius 3 is 3.00 bits per heavy atom. The first kappa shape index (κ1) is 17.5. The minimum atomic E-state index is 0.0691. The Hall–Kier alpha value is -2.34. The van der Waals surface area contributed by atoms with Gasteiger partial charge in [-0.05, 0) is 37.5 Å². The zero-order chi connectivity index (χ0) is 17.6. The summed E-state index contributed by atoms with van der Waals surface area (Å²) in [4.78, 5) is 14.5. The summed E-state index contributed by atoms with van der Waals surface area (Å²) in [6.07, 6.45) is 1.78. The highest BCUT2D eigenvalue weighted by Crippen LogP contribution is 2.17. The van der Waals surface area contributed by atoms with Gasteiger partial charge < -0.3 is 10.1 Å². The molecule has 2 heterocycles. The molecule has 1 N–H and O–H groups in total. The third kappa shape index (κ3) is 4.60. The van der Waals surface area contributed by atoms with Gasteiger partial charge in [0.25, 0.3) is 0 Å². The Bertz CT molecular complexity index is 726. The minimum absolute atomic E-state index is 0.0691. The van der Waals surface area contributed by atoms with Gasteiger partial charge in [-0.3, -0.25) is 14.4 Å². The molecule has 0 spiro atoms. The number of nitrogens with zero attached hydrogens (tertiary/aromatic N) is 3. The molecule has 0 saturated heterocycles. The summed E-state index contributed by atoms with van der Waals surface area (Å²) in [5.41, 5.74) is 3.34. The van der Waals surface area contributed by atoms with E-state index in [0.29, 0.717) is 13.1 Å². The molecular weight excluding hydrogens is 316 g/mol. The number of ether oxygens (including phenoxy) is 1. The van der Waals surface area contributed by atoms with Crippen molar-refractivity contribution >= 4 is 5.91 Å². The van der Waals surface area contributed by atoms with Gasteiger partial charge in [-0.1, -0.05) is 18.2 Å². The maximum atomic E-state index is 12.3. The SMILES string of the molecule is COc1ccccc1CCNC(=O)CN1CCCn2nc(C)cc2C1. The topological polar surface area (TPSA) is 59.4 Å². The third-order valence-electron chi connectivity index (χ3n) is 4.49. The van der Waals surface area contributed by atoms with Crippen LogP contribution in [0.5, 0.6) is 5.75 Å². The van der Waals surface area contributed by atoms with Crippen LogP contribution in [0.4, 0.5) is 0 Å². The molecule has 0 aliphatic carbocycles. The summed E-state index contributed by atoms with van der Waals surface area (Å²) in [5, 5.41) is 7.52. The number of aryl methyl sites for hydroxylation is 2. The smallest absolute Gasteiger partial charge is 0.234 e. The fourth-order valence-electron chi connectivity index (χ4n) is 3.31. The molecule has 0 fully saturated rings. The van der Waals surface area contributed by atoms with E-state index in [1.54, 1.807) is 7.11 Å². The zero-order valence-corrected chi connectivity index (χ0v) is 15.0. The van der Waals surface area contributed by atoms with Crippen LogP contribution in [0.3, 0.4) is 0 Å². The molecule has 0 bridgehead atoms. The van der Waals surface area contributed by atoms with Gasteiger partial charge in [0.1, 0.15) is 5.75 Å². The molecule has 0 saturated carbocycles. The molecule has 25 heavy (non-hydrogen) atoms. The van der Waals surface area contributed by atoms with Crippen molar-refractivity contribution in [2.75, 3.05) is 26.7 Å². The van der Waals surface area contributed by atoms with Crippen LogP contribution in [0.15, 0.2) is 30.3 Å². The second kappa shape index (κ2) is 8.16. The molecule has 1 aliphatic heterocycles. The van der Waals surface area contributed by atoms with Crippen molar-refractivity contribution in [3.63, 3.8) is 0 Å². The third-order valence-corrected chi connectivity index (χ3v) is 4.49. The number of rotatable bonds is 6. The molecular formula is C19H26N4O2. The summed E-state index contributed by atoms with van der Waals surface area (Å²) in [6, 6.07) is 10.0. The van der Waals surface area contributed by atoms with E-state index in [1.807, 2.05) is 31.2 Å². The molecule has 0 unspecified atom stereocenters. The molecule has 6 heteroatoms. The number of carbonyl (C=O) groups is 1. The molecule has 1 aromatic heterocycles. The van der Waals surface area contributed by atoms with Gasteiger partial charge in [-0.2, -0.15) is 5.10 Å². The number of benzene rings is 1. The number of amides is 1. The fraction of sp³-hybridized carbons (Fsp3) is 0.474. The van der Waals surface area contributed by atoms with Crippen LogP contribution < -0.4 is 10.1 Å². The van der Waals surface area contributed by atoms with E-state index in [2.05, 4.69) is 26.1 Å². The van der Waals surface area contributed by atoms with Crippen LogP contribution in [0.1, 0.15) is 23.4 Å². The van der Waals surface area contributed by atoms with Crippen LogP contribution in [0.2, 0.25) is 0 Å². The van der Waals surface area contributed by atoms with E-state index in [4.69, 9.17) is 4.74 Å². The average molecular weight is 342 g/mol. The number of hydrogen-bond donors (Lipinski definition) is 1. The molecule has 1 aliphatic rings. The number of fused-ring (bicyclic) bond motifs is 1. The second-order valence-corrected chi connectivity index (χ2v) is 6.48. The molecule has 0 radical (unpaired) electrons. The number of nitrogens with one attached hydrogen (secondary N) is 1. The second-order valence-electron chi connectivity index (χ2n) is 6.48. The molecule has 0 atom stereocenters. The Morgan fingerprint density at radius 2 is 2.16 bits per heavy atom. The van der Waals surface area contributed by atoms with Gasteiger partial charge in [0, 0.05) is 26.2 Å². The first-order valence-corrected chi connectivity index (χ1v) is 8.80. The lowest BCUT2D eigenvalue weighted by atomic mass is 10.1. The highest BCUT2D eigenvalue weighted by atomic mass is 16.5. The number of para-hydroxylation sites is 1. The predicted molar refractivity (Wildman–Crippen MR) is 96.6 cm³/mol. The maximum absolute atomic E-state index is 12.3. The number of carbonyl (C=O) groups excluding carboxylic acids is 1. The van der Waals surface area contributed by atoms with Gasteiger partial charge in [-0.25, -0.2) is 0 Å².